The Morgan fingerprint density at radius 2 is 1.74 bits per heavy atom. The van der Waals surface area contributed by atoms with Gasteiger partial charge in [0, 0.05) is 5.02 Å². The Morgan fingerprint density at radius 1 is 1.06 bits per heavy atom. The predicted octanol–water partition coefficient (Wildman–Crippen LogP) is 4.49. The summed E-state index contributed by atoms with van der Waals surface area (Å²) in [6.45, 7) is 3.13. The van der Waals surface area contributed by atoms with Crippen LogP contribution in [-0.4, -0.2) is 30.1 Å². The topological polar surface area (TPSA) is 103 Å². The molecule has 0 aliphatic heterocycles. The van der Waals surface area contributed by atoms with E-state index in [0.717, 1.165) is 11.8 Å². The predicted molar refractivity (Wildman–Crippen MR) is 116 cm³/mol. The molecular weight excluding hydrogens is 463 g/mol. The summed E-state index contributed by atoms with van der Waals surface area (Å²) in [4.78, 5) is 32.1. The Morgan fingerprint density at radius 3 is 2.39 bits per heavy atom. The van der Waals surface area contributed by atoms with Crippen LogP contribution >= 0.6 is 23.2 Å². The molecule has 0 aliphatic carbocycles. The summed E-state index contributed by atoms with van der Waals surface area (Å²) in [5.41, 5.74) is 1.05. The molecule has 0 saturated heterocycles. The quantitative estimate of drug-likeness (QED) is 0.222. The fraction of sp³-hybridized carbons (Fsp3) is 0.143. The van der Waals surface area contributed by atoms with Crippen molar-refractivity contribution in [2.45, 2.75) is 24.8 Å². The van der Waals surface area contributed by atoms with Crippen LogP contribution in [0.1, 0.15) is 38.9 Å². The van der Waals surface area contributed by atoms with Gasteiger partial charge in [0.25, 0.3) is 0 Å². The van der Waals surface area contributed by atoms with Gasteiger partial charge in [0.2, 0.25) is 15.0 Å². The molecule has 0 spiro atoms. The highest BCUT2D eigenvalue weighted by Crippen LogP contribution is 2.24. The zero-order chi connectivity index (χ0) is 22.8. The number of halogens is 2. The number of Topliss-reactive ketones (excluding diaryl/α,β-unsaturated/α-hetero) is 1. The molecule has 3 aromatic rings. The van der Waals surface area contributed by atoms with Crippen molar-refractivity contribution in [2.75, 3.05) is 0 Å². The number of ketones is 1. The van der Waals surface area contributed by atoms with Gasteiger partial charge in [-0.05, 0) is 43.7 Å². The van der Waals surface area contributed by atoms with Crippen molar-refractivity contribution in [3.05, 3.63) is 81.1 Å². The van der Waals surface area contributed by atoms with Gasteiger partial charge in [-0.25, -0.2) is 23.2 Å². The lowest BCUT2D eigenvalue weighted by Crippen LogP contribution is -2.17. The monoisotopic (exact) mass is 478 g/mol. The molecule has 10 heteroatoms. The largest absolute Gasteiger partial charge is 0.421 e. The highest BCUT2D eigenvalue weighted by molar-refractivity contribution is 7.90. The van der Waals surface area contributed by atoms with E-state index in [1.165, 1.54) is 13.0 Å². The molecule has 0 saturated carbocycles. The van der Waals surface area contributed by atoms with Crippen molar-refractivity contribution in [3.8, 4) is 5.75 Å². The second kappa shape index (κ2) is 9.13. The maximum absolute atomic E-state index is 12.7. The van der Waals surface area contributed by atoms with Crippen LogP contribution in [0.25, 0.3) is 0 Å². The number of carbonyl (C=O) groups excluding carboxylic acids is 2. The highest BCUT2D eigenvalue weighted by atomic mass is 35.5. The molecule has 31 heavy (non-hydrogen) atoms. The van der Waals surface area contributed by atoms with Crippen LogP contribution in [0, 0.1) is 6.92 Å². The van der Waals surface area contributed by atoms with Crippen molar-refractivity contribution in [3.63, 3.8) is 0 Å². The fourth-order valence-corrected chi connectivity index (χ4v) is 4.16. The third kappa shape index (κ3) is 5.46. The molecule has 0 bridgehead atoms. The Labute approximate surface area is 188 Å². The minimum atomic E-state index is -3.98. The Hall–Kier alpha value is -2.81. The molecule has 0 aliphatic rings. The molecule has 0 fully saturated rings. The molecular formula is C21H16Cl2N2O5S. The summed E-state index contributed by atoms with van der Waals surface area (Å²) in [6, 6.07) is 11.0. The van der Waals surface area contributed by atoms with E-state index in [1.807, 2.05) is 0 Å². The van der Waals surface area contributed by atoms with Gasteiger partial charge in [-0.3, -0.25) is 4.79 Å². The molecule has 0 atom stereocenters. The lowest BCUT2D eigenvalue weighted by Gasteiger charge is -2.10. The van der Waals surface area contributed by atoms with E-state index in [9.17, 15) is 18.0 Å². The number of sulfone groups is 1. The van der Waals surface area contributed by atoms with Crippen LogP contribution in [0.4, 0.5) is 0 Å². The number of benzene rings is 2. The second-order valence-electron chi connectivity index (χ2n) is 6.68. The van der Waals surface area contributed by atoms with E-state index < -0.39 is 32.4 Å². The standard InChI is InChI=1S/C21H16Cl2N2O5S/c1-12-3-8-18(16(9-12)13(2)26)30-20(27)19-17(23)10-24-21(25-19)31(28,29)11-14-4-6-15(22)7-5-14/h3-10H,11H2,1-2H3. The third-order valence-corrected chi connectivity index (χ3v) is 6.18. The van der Waals surface area contributed by atoms with E-state index in [4.69, 9.17) is 27.9 Å². The van der Waals surface area contributed by atoms with Crippen LogP contribution in [0.5, 0.6) is 5.75 Å². The van der Waals surface area contributed by atoms with E-state index in [0.29, 0.717) is 10.6 Å². The number of aryl methyl sites for hydroxylation is 1. The van der Waals surface area contributed by atoms with Crippen molar-refractivity contribution in [1.29, 1.82) is 0 Å². The van der Waals surface area contributed by atoms with Crippen LogP contribution in [-0.2, 0) is 15.6 Å². The summed E-state index contributed by atoms with van der Waals surface area (Å²) in [5, 5.41) is -0.295. The van der Waals surface area contributed by atoms with Gasteiger partial charge in [-0.1, -0.05) is 47.0 Å². The SMILES string of the molecule is CC(=O)c1cc(C)ccc1OC(=O)c1nc(S(=O)(=O)Cc2ccc(Cl)cc2)ncc1Cl. The summed E-state index contributed by atoms with van der Waals surface area (Å²) in [6.07, 6.45) is 1.01. The molecule has 0 radical (unpaired) electrons. The maximum atomic E-state index is 12.7. The van der Waals surface area contributed by atoms with Crippen LogP contribution in [0.3, 0.4) is 0 Å². The third-order valence-electron chi connectivity index (χ3n) is 4.18. The van der Waals surface area contributed by atoms with E-state index in [1.54, 1.807) is 43.3 Å². The van der Waals surface area contributed by atoms with Crippen molar-refractivity contribution in [2.24, 2.45) is 0 Å². The average molecular weight is 479 g/mol. The van der Waals surface area contributed by atoms with Crippen LogP contribution in [0.2, 0.25) is 10.0 Å². The number of aromatic nitrogens is 2. The van der Waals surface area contributed by atoms with E-state index >= 15 is 0 Å². The number of nitrogens with zero attached hydrogens (tertiary/aromatic N) is 2. The summed E-state index contributed by atoms with van der Waals surface area (Å²) >= 11 is 11.8. The zero-order valence-corrected chi connectivity index (χ0v) is 18.8. The molecule has 7 nitrogen and oxygen atoms in total. The molecule has 2 aromatic carbocycles. The van der Waals surface area contributed by atoms with Gasteiger partial charge in [-0.15, -0.1) is 0 Å². The Kier molecular flexibility index (Phi) is 6.74. The second-order valence-corrected chi connectivity index (χ2v) is 9.41. The maximum Gasteiger partial charge on any atom is 0.364 e. The first-order chi connectivity index (χ1) is 14.6. The molecule has 0 N–H and O–H groups in total. The van der Waals surface area contributed by atoms with Crippen LogP contribution < -0.4 is 4.74 Å². The number of ether oxygens (including phenoxy) is 1. The number of esters is 1. The Balaban J connectivity index is 1.91. The molecule has 1 aromatic heterocycles. The average Bonchev–Trinajstić information content (AvgIpc) is 2.70. The lowest BCUT2D eigenvalue weighted by atomic mass is 10.1. The van der Waals surface area contributed by atoms with Gasteiger partial charge in [0.15, 0.2) is 11.5 Å². The summed E-state index contributed by atoms with van der Waals surface area (Å²) in [5.74, 6) is -1.69. The smallest absolute Gasteiger partial charge is 0.364 e. The zero-order valence-electron chi connectivity index (χ0n) is 16.4. The van der Waals surface area contributed by atoms with Crippen molar-refractivity contribution < 1.29 is 22.7 Å². The minimum Gasteiger partial charge on any atom is -0.421 e. The molecule has 1 heterocycles. The first kappa shape index (κ1) is 22.9. The molecule has 160 valence electrons. The van der Waals surface area contributed by atoms with Gasteiger partial charge < -0.3 is 4.74 Å². The lowest BCUT2D eigenvalue weighted by molar-refractivity contribution is 0.0725. The van der Waals surface area contributed by atoms with Gasteiger partial charge >= 0.3 is 5.97 Å². The number of carbonyl (C=O) groups is 2. The number of rotatable bonds is 6. The summed E-state index contributed by atoms with van der Waals surface area (Å²) in [7, 11) is -3.98. The van der Waals surface area contributed by atoms with E-state index in [-0.39, 0.29) is 22.1 Å². The molecule has 0 unspecified atom stereocenters. The highest BCUT2D eigenvalue weighted by Gasteiger charge is 2.25. The minimum absolute atomic E-state index is 0.0170. The number of hydrogen-bond acceptors (Lipinski definition) is 7. The number of hydrogen-bond donors (Lipinski definition) is 0. The van der Waals surface area contributed by atoms with E-state index in [2.05, 4.69) is 9.97 Å². The Bertz CT molecular complexity index is 1280. The first-order valence-electron chi connectivity index (χ1n) is 8.90. The van der Waals surface area contributed by atoms with Crippen molar-refractivity contribution >= 4 is 44.8 Å². The molecule has 0 amide bonds. The fourth-order valence-electron chi connectivity index (χ4n) is 2.66. The van der Waals surface area contributed by atoms with Gasteiger partial charge in [-0.2, -0.15) is 0 Å². The van der Waals surface area contributed by atoms with Gasteiger partial charge in [0.05, 0.1) is 22.5 Å². The summed E-state index contributed by atoms with van der Waals surface area (Å²) < 4.78 is 30.7. The molecule has 3 rings (SSSR count). The normalized spacial score (nSPS) is 11.2. The van der Waals surface area contributed by atoms with Crippen molar-refractivity contribution in [1.82, 2.24) is 9.97 Å². The first-order valence-corrected chi connectivity index (χ1v) is 11.3. The van der Waals surface area contributed by atoms with Gasteiger partial charge in [0.1, 0.15) is 5.75 Å². The van der Waals surface area contributed by atoms with Crippen LogP contribution in [0.15, 0.2) is 53.8 Å².